The third-order valence-electron chi connectivity index (χ3n) is 11.1. The van der Waals surface area contributed by atoms with Crippen LogP contribution in [0.5, 0.6) is 11.9 Å². The normalized spacial score (nSPS) is 23.3. The van der Waals surface area contributed by atoms with Gasteiger partial charge in [0.05, 0.1) is 37.6 Å². The zero-order valence-corrected chi connectivity index (χ0v) is 29.0. The summed E-state index contributed by atoms with van der Waals surface area (Å²) in [5.41, 5.74) is 5.29. The summed E-state index contributed by atoms with van der Waals surface area (Å²) in [6.07, 6.45) is 10.8. The summed E-state index contributed by atoms with van der Waals surface area (Å²) in [4.78, 5) is 19.4. The number of pyridine rings is 1. The van der Waals surface area contributed by atoms with Gasteiger partial charge in [-0.05, 0) is 74.1 Å². The van der Waals surface area contributed by atoms with Crippen LogP contribution >= 0.6 is 0 Å². The molecule has 1 aliphatic carbocycles. The average molecular weight is 672 g/mol. The highest BCUT2D eigenvalue weighted by molar-refractivity contribution is 6.02. The fourth-order valence-corrected chi connectivity index (χ4v) is 8.79. The summed E-state index contributed by atoms with van der Waals surface area (Å²) < 4.78 is 41.1. The van der Waals surface area contributed by atoms with E-state index in [4.69, 9.17) is 33.9 Å². The van der Waals surface area contributed by atoms with Crippen molar-refractivity contribution in [1.82, 2.24) is 30.0 Å². The van der Waals surface area contributed by atoms with Crippen LogP contribution in [0.4, 0.5) is 10.2 Å². The summed E-state index contributed by atoms with van der Waals surface area (Å²) in [5.74, 6) is 0.321. The molecule has 8 rings (SSSR count). The van der Waals surface area contributed by atoms with Crippen molar-refractivity contribution in [2.24, 2.45) is 0 Å². The predicted octanol–water partition coefficient (Wildman–Crippen LogP) is 5.75. The Morgan fingerprint density at radius 1 is 1.06 bits per heavy atom. The van der Waals surface area contributed by atoms with Crippen molar-refractivity contribution < 1.29 is 23.3 Å². The fraction of sp³-hybridized carbons (Fsp3) is 0.568. The van der Waals surface area contributed by atoms with E-state index < -0.39 is 5.82 Å². The number of hydrogen-bond donors (Lipinski definition) is 1. The molecule has 1 aromatic carbocycles. The molecule has 3 aliphatic heterocycles. The van der Waals surface area contributed by atoms with Crippen LogP contribution in [-0.2, 0) is 21.3 Å². The molecular weight excluding hydrogens is 625 g/mol. The lowest BCUT2D eigenvalue weighted by Gasteiger charge is -2.35. The molecular formula is C37H46FN7O4. The number of nitrogens with one attached hydrogen (secondary N) is 1. The van der Waals surface area contributed by atoms with Gasteiger partial charge in [0, 0.05) is 44.3 Å². The minimum Gasteiger partial charge on any atom is -0.480 e. The zero-order chi connectivity index (χ0) is 33.8. The molecule has 0 radical (unpaired) electrons. The number of benzene rings is 1. The van der Waals surface area contributed by atoms with E-state index in [1.54, 1.807) is 20.4 Å². The van der Waals surface area contributed by atoms with Crippen LogP contribution < -0.4 is 14.4 Å². The standard InChI is InChI=1S/C37H46FN7O4/c1-36(2)10-5-8-24-18-26-25(20-39-43-26)27(29(24)36)31-30(38)32-28(34(40-31)47-4)33(44-12-7-15-48-17-14-44)42-35(41-32)49-22-37-11-6-13-45(37)21-23(19-37)9-16-46-3/h9,18,20H,5-8,10-17,19,21-22H2,1-4H3,(H,39,43)/b23-9-. The van der Waals surface area contributed by atoms with E-state index in [9.17, 15) is 0 Å². The van der Waals surface area contributed by atoms with Crippen molar-refractivity contribution in [3.63, 3.8) is 0 Å². The molecule has 0 bridgehead atoms. The third kappa shape index (κ3) is 5.61. The molecule has 1 atom stereocenters. The first-order chi connectivity index (χ1) is 23.8. The number of methoxy groups -OCH3 is 2. The Hall–Kier alpha value is -3.87. The maximum Gasteiger partial charge on any atom is 0.319 e. The molecule has 49 heavy (non-hydrogen) atoms. The molecule has 0 spiro atoms. The van der Waals surface area contributed by atoms with Crippen molar-refractivity contribution in [3.05, 3.63) is 40.9 Å². The average Bonchev–Trinajstić information content (AvgIpc) is 3.74. The van der Waals surface area contributed by atoms with E-state index in [1.807, 2.05) is 0 Å². The van der Waals surface area contributed by atoms with Gasteiger partial charge < -0.3 is 23.8 Å². The number of nitrogens with zero attached hydrogens (tertiary/aromatic N) is 6. The monoisotopic (exact) mass is 671 g/mol. The van der Waals surface area contributed by atoms with E-state index in [1.165, 1.54) is 11.1 Å². The number of aromatic amines is 1. The summed E-state index contributed by atoms with van der Waals surface area (Å²) in [6.45, 7) is 9.89. The molecule has 3 fully saturated rings. The molecule has 260 valence electrons. The van der Waals surface area contributed by atoms with Gasteiger partial charge in [0.25, 0.3) is 0 Å². The Morgan fingerprint density at radius 2 is 1.96 bits per heavy atom. The van der Waals surface area contributed by atoms with Crippen molar-refractivity contribution in [2.45, 2.75) is 69.7 Å². The molecule has 12 heteroatoms. The highest BCUT2D eigenvalue weighted by Gasteiger charge is 2.47. The molecule has 0 amide bonds. The quantitative estimate of drug-likeness (QED) is 0.233. The number of ether oxygens (including phenoxy) is 4. The van der Waals surface area contributed by atoms with Crippen LogP contribution in [0, 0.1) is 5.82 Å². The summed E-state index contributed by atoms with van der Waals surface area (Å²) >= 11 is 0. The number of hydrogen-bond acceptors (Lipinski definition) is 10. The molecule has 11 nitrogen and oxygen atoms in total. The molecule has 1 N–H and O–H groups in total. The zero-order valence-electron chi connectivity index (χ0n) is 29.0. The number of halogens is 1. The topological polar surface area (TPSA) is 111 Å². The van der Waals surface area contributed by atoms with Gasteiger partial charge in [-0.3, -0.25) is 10.00 Å². The van der Waals surface area contributed by atoms with Crippen LogP contribution in [0.1, 0.15) is 63.5 Å². The Morgan fingerprint density at radius 3 is 2.82 bits per heavy atom. The SMILES string of the molecule is COC/C=C1\CN2CCCC2(COc2nc(N3CCCOCC3)c3c(OC)nc(-c4c5c(cc6[nH]ncc46)CCCC5(C)C)c(F)c3n2)C1. The first kappa shape index (κ1) is 32.3. The first-order valence-corrected chi connectivity index (χ1v) is 17.6. The number of aryl methyl sites for hydroxylation is 1. The van der Waals surface area contributed by atoms with Crippen LogP contribution in [-0.4, -0.2) is 102 Å². The van der Waals surface area contributed by atoms with Crippen molar-refractivity contribution in [3.8, 4) is 23.1 Å². The minimum atomic E-state index is -0.515. The van der Waals surface area contributed by atoms with Gasteiger partial charge in [-0.15, -0.1) is 0 Å². The Bertz CT molecular complexity index is 1920. The lowest BCUT2D eigenvalue weighted by molar-refractivity contribution is 0.108. The predicted molar refractivity (Wildman–Crippen MR) is 186 cm³/mol. The van der Waals surface area contributed by atoms with Crippen LogP contribution in [0.15, 0.2) is 23.9 Å². The number of H-pyrrole nitrogens is 1. The van der Waals surface area contributed by atoms with E-state index in [-0.39, 0.29) is 34.1 Å². The lowest BCUT2D eigenvalue weighted by Crippen LogP contribution is -2.43. The number of fused-ring (bicyclic) bond motifs is 4. The Labute approximate surface area is 286 Å². The minimum absolute atomic E-state index is 0.141. The van der Waals surface area contributed by atoms with Crippen molar-refractivity contribution >= 4 is 27.6 Å². The third-order valence-corrected chi connectivity index (χ3v) is 11.1. The number of rotatable bonds is 8. The van der Waals surface area contributed by atoms with Gasteiger partial charge >= 0.3 is 6.01 Å². The number of anilines is 1. The van der Waals surface area contributed by atoms with E-state index in [0.717, 1.165) is 80.1 Å². The highest BCUT2D eigenvalue weighted by Crippen LogP contribution is 2.48. The molecule has 4 aromatic rings. The van der Waals surface area contributed by atoms with E-state index in [0.29, 0.717) is 50.7 Å². The number of aromatic nitrogens is 5. The molecule has 3 aromatic heterocycles. The summed E-state index contributed by atoms with van der Waals surface area (Å²) in [5, 5.41) is 8.76. The van der Waals surface area contributed by atoms with Crippen molar-refractivity contribution in [1.29, 1.82) is 0 Å². The Kier molecular flexibility index (Phi) is 8.44. The molecule has 4 aliphatic rings. The van der Waals surface area contributed by atoms with Crippen molar-refractivity contribution in [2.75, 3.05) is 71.7 Å². The second-order valence-corrected chi connectivity index (χ2v) is 14.7. The van der Waals surface area contributed by atoms with Gasteiger partial charge in [-0.1, -0.05) is 25.5 Å². The molecule has 3 saturated heterocycles. The molecule has 6 heterocycles. The molecule has 0 saturated carbocycles. The maximum atomic E-state index is 17.5. The Balaban J connectivity index is 1.29. The molecule has 1 unspecified atom stereocenters. The first-order valence-electron chi connectivity index (χ1n) is 17.6. The highest BCUT2D eigenvalue weighted by atomic mass is 19.1. The van der Waals surface area contributed by atoms with Crippen LogP contribution in [0.2, 0.25) is 0 Å². The van der Waals surface area contributed by atoms with Gasteiger partial charge in [-0.25, -0.2) is 9.37 Å². The summed E-state index contributed by atoms with van der Waals surface area (Å²) in [7, 11) is 3.29. The van der Waals surface area contributed by atoms with Crippen LogP contribution in [0.3, 0.4) is 0 Å². The second-order valence-electron chi connectivity index (χ2n) is 14.7. The maximum absolute atomic E-state index is 17.5. The smallest absolute Gasteiger partial charge is 0.319 e. The van der Waals surface area contributed by atoms with Gasteiger partial charge in [0.2, 0.25) is 5.88 Å². The summed E-state index contributed by atoms with van der Waals surface area (Å²) in [6, 6.07) is 2.32. The van der Waals surface area contributed by atoms with Gasteiger partial charge in [-0.2, -0.15) is 15.1 Å². The fourth-order valence-electron chi connectivity index (χ4n) is 8.79. The van der Waals surface area contributed by atoms with Crippen LogP contribution in [0.25, 0.3) is 33.1 Å². The second kappa shape index (κ2) is 12.8. The van der Waals surface area contributed by atoms with E-state index in [2.05, 4.69) is 46.0 Å². The lowest BCUT2D eigenvalue weighted by atomic mass is 9.69. The van der Waals surface area contributed by atoms with E-state index >= 15 is 4.39 Å². The van der Waals surface area contributed by atoms with Gasteiger partial charge in [0.15, 0.2) is 5.82 Å². The van der Waals surface area contributed by atoms with Gasteiger partial charge in [0.1, 0.15) is 29.0 Å². The largest absolute Gasteiger partial charge is 0.480 e.